The van der Waals surface area contributed by atoms with Crippen LogP contribution in [-0.2, 0) is 0 Å². The molecule has 162 valence electrons. The number of nitrogens with one attached hydrogen (secondary N) is 1. The Bertz CT molecular complexity index is 859. The van der Waals surface area contributed by atoms with Crippen LogP contribution in [0.3, 0.4) is 0 Å². The van der Waals surface area contributed by atoms with E-state index in [2.05, 4.69) is 20.1 Å². The van der Waals surface area contributed by atoms with E-state index in [1.165, 1.54) is 12.8 Å². The standard InChI is InChI=1S/C22H29Cl2N5O/c1-15(19-5-4-18(23)9-20(19)24)26-21-10-25-11-22(27-21)29-13-17(14-29)16-3-2-6-28(12-16)7-8-30/h4-5,9-11,15-17,30H,2-3,6-8,12-14H2,1H3,(H,26,27)/t15-,16?/m1/s1. The summed E-state index contributed by atoms with van der Waals surface area (Å²) in [5.74, 6) is 3.05. The molecular formula is C22H29Cl2N5O. The van der Waals surface area contributed by atoms with Crippen molar-refractivity contribution in [1.82, 2.24) is 14.9 Å². The number of benzene rings is 1. The Labute approximate surface area is 188 Å². The van der Waals surface area contributed by atoms with E-state index in [4.69, 9.17) is 28.2 Å². The Morgan fingerprint density at radius 3 is 2.80 bits per heavy atom. The molecule has 0 amide bonds. The van der Waals surface area contributed by atoms with Gasteiger partial charge in [0.1, 0.15) is 11.6 Å². The van der Waals surface area contributed by atoms with Gasteiger partial charge in [-0.1, -0.05) is 29.3 Å². The highest BCUT2D eigenvalue weighted by Gasteiger charge is 2.36. The first-order chi connectivity index (χ1) is 14.5. The predicted molar refractivity (Wildman–Crippen MR) is 122 cm³/mol. The monoisotopic (exact) mass is 449 g/mol. The van der Waals surface area contributed by atoms with Gasteiger partial charge in [0, 0.05) is 36.2 Å². The number of aliphatic hydroxyl groups is 1. The van der Waals surface area contributed by atoms with Crippen LogP contribution in [-0.4, -0.2) is 59.3 Å². The molecule has 6 nitrogen and oxygen atoms in total. The molecule has 0 spiro atoms. The summed E-state index contributed by atoms with van der Waals surface area (Å²) in [4.78, 5) is 13.9. The molecule has 2 atom stereocenters. The lowest BCUT2D eigenvalue weighted by Crippen LogP contribution is -2.54. The number of halogens is 2. The number of hydrogen-bond acceptors (Lipinski definition) is 6. The average molecular weight is 450 g/mol. The highest BCUT2D eigenvalue weighted by atomic mass is 35.5. The van der Waals surface area contributed by atoms with Gasteiger partial charge in [0.25, 0.3) is 0 Å². The Hall–Kier alpha value is -1.60. The smallest absolute Gasteiger partial charge is 0.149 e. The molecule has 1 aromatic carbocycles. The van der Waals surface area contributed by atoms with E-state index in [-0.39, 0.29) is 12.6 Å². The molecule has 8 heteroatoms. The van der Waals surface area contributed by atoms with Gasteiger partial charge in [-0.05, 0) is 55.8 Å². The minimum atomic E-state index is -0.0109. The SMILES string of the molecule is C[C@@H](Nc1cncc(N2CC(C3CCCN(CCO)C3)C2)n1)c1ccc(Cl)cc1Cl. The van der Waals surface area contributed by atoms with Crippen LogP contribution in [0, 0.1) is 11.8 Å². The van der Waals surface area contributed by atoms with Crippen molar-refractivity contribution in [2.24, 2.45) is 11.8 Å². The zero-order valence-electron chi connectivity index (χ0n) is 17.3. The van der Waals surface area contributed by atoms with E-state index in [1.54, 1.807) is 12.3 Å². The van der Waals surface area contributed by atoms with Crippen LogP contribution in [0.2, 0.25) is 10.0 Å². The second-order valence-corrected chi connectivity index (χ2v) is 9.23. The second kappa shape index (κ2) is 9.69. The molecule has 0 saturated carbocycles. The van der Waals surface area contributed by atoms with Gasteiger partial charge in [0.15, 0.2) is 0 Å². The summed E-state index contributed by atoms with van der Waals surface area (Å²) < 4.78 is 0. The molecule has 1 unspecified atom stereocenters. The number of aromatic nitrogens is 2. The topological polar surface area (TPSA) is 64.5 Å². The molecule has 0 bridgehead atoms. The maximum absolute atomic E-state index is 9.21. The van der Waals surface area contributed by atoms with E-state index in [9.17, 15) is 5.11 Å². The molecule has 0 aliphatic carbocycles. The van der Waals surface area contributed by atoms with Gasteiger partial charge >= 0.3 is 0 Å². The number of nitrogens with zero attached hydrogens (tertiary/aromatic N) is 4. The fraction of sp³-hybridized carbons (Fsp3) is 0.545. The summed E-state index contributed by atoms with van der Waals surface area (Å²) in [6.45, 7) is 7.35. The molecule has 2 fully saturated rings. The average Bonchev–Trinajstić information content (AvgIpc) is 2.68. The Kier molecular flexibility index (Phi) is 6.98. The van der Waals surface area contributed by atoms with Crippen LogP contribution in [0.15, 0.2) is 30.6 Å². The van der Waals surface area contributed by atoms with Crippen molar-refractivity contribution in [1.29, 1.82) is 0 Å². The van der Waals surface area contributed by atoms with Crippen LogP contribution < -0.4 is 10.2 Å². The third-order valence-corrected chi connectivity index (χ3v) is 6.84. The minimum absolute atomic E-state index is 0.0109. The molecule has 2 N–H and O–H groups in total. The Morgan fingerprint density at radius 2 is 2.03 bits per heavy atom. The van der Waals surface area contributed by atoms with Gasteiger partial charge in [-0.15, -0.1) is 0 Å². The maximum atomic E-state index is 9.21. The number of β-amino-alcohol motifs (C(OH)–C–C–N with tert-alkyl or cyclic N) is 1. The van der Waals surface area contributed by atoms with Gasteiger partial charge in [0.05, 0.1) is 25.0 Å². The van der Waals surface area contributed by atoms with Crippen LogP contribution in [0.5, 0.6) is 0 Å². The normalized spacial score (nSPS) is 21.3. The minimum Gasteiger partial charge on any atom is -0.395 e. The number of hydrogen-bond donors (Lipinski definition) is 2. The molecule has 2 aromatic rings. The predicted octanol–water partition coefficient (Wildman–Crippen LogP) is 4.10. The summed E-state index contributed by atoms with van der Waals surface area (Å²) in [6, 6.07) is 5.52. The summed E-state index contributed by atoms with van der Waals surface area (Å²) in [7, 11) is 0. The van der Waals surface area contributed by atoms with Crippen molar-refractivity contribution in [3.8, 4) is 0 Å². The number of piperidine rings is 1. The number of anilines is 2. The van der Waals surface area contributed by atoms with E-state index < -0.39 is 0 Å². The highest BCUT2D eigenvalue weighted by molar-refractivity contribution is 6.35. The van der Waals surface area contributed by atoms with E-state index >= 15 is 0 Å². The van der Waals surface area contributed by atoms with Gasteiger partial charge in [-0.2, -0.15) is 0 Å². The lowest BCUT2D eigenvalue weighted by atomic mass is 9.80. The highest BCUT2D eigenvalue weighted by Crippen LogP contribution is 2.34. The van der Waals surface area contributed by atoms with Crippen LogP contribution in [0.25, 0.3) is 0 Å². The second-order valence-electron chi connectivity index (χ2n) is 8.39. The van der Waals surface area contributed by atoms with Crippen molar-refractivity contribution >= 4 is 34.8 Å². The fourth-order valence-corrected chi connectivity index (χ4v) is 5.12. The van der Waals surface area contributed by atoms with E-state index in [0.29, 0.717) is 21.9 Å². The first-order valence-electron chi connectivity index (χ1n) is 10.6. The van der Waals surface area contributed by atoms with E-state index in [1.807, 2.05) is 25.3 Å². The number of rotatable bonds is 7. The van der Waals surface area contributed by atoms with Crippen LogP contribution in [0.1, 0.15) is 31.4 Å². The molecular weight excluding hydrogens is 421 g/mol. The summed E-state index contributed by atoms with van der Waals surface area (Å²) in [6.07, 6.45) is 6.09. The molecule has 2 aliphatic heterocycles. The van der Waals surface area contributed by atoms with Gasteiger partial charge in [-0.25, -0.2) is 4.98 Å². The molecule has 1 aromatic heterocycles. The first-order valence-corrected chi connectivity index (χ1v) is 11.4. The molecule has 3 heterocycles. The molecule has 30 heavy (non-hydrogen) atoms. The van der Waals surface area contributed by atoms with E-state index in [0.717, 1.165) is 49.9 Å². The quantitative estimate of drug-likeness (QED) is 0.663. The van der Waals surface area contributed by atoms with Gasteiger partial charge in [-0.3, -0.25) is 4.98 Å². The molecule has 2 aliphatic rings. The number of aliphatic hydroxyl groups excluding tert-OH is 1. The summed E-state index contributed by atoms with van der Waals surface area (Å²) in [5.41, 5.74) is 0.974. The molecule has 4 rings (SSSR count). The largest absolute Gasteiger partial charge is 0.395 e. The maximum Gasteiger partial charge on any atom is 0.149 e. The summed E-state index contributed by atoms with van der Waals surface area (Å²) >= 11 is 12.3. The zero-order valence-corrected chi connectivity index (χ0v) is 18.8. The summed E-state index contributed by atoms with van der Waals surface area (Å²) in [5, 5.41) is 13.9. The lowest BCUT2D eigenvalue weighted by Gasteiger charge is -2.47. The fourth-order valence-electron chi connectivity index (χ4n) is 4.55. The van der Waals surface area contributed by atoms with Crippen molar-refractivity contribution in [3.63, 3.8) is 0 Å². The third kappa shape index (κ3) is 4.99. The van der Waals surface area contributed by atoms with Gasteiger partial charge in [0.2, 0.25) is 0 Å². The van der Waals surface area contributed by atoms with Gasteiger partial charge < -0.3 is 20.2 Å². The van der Waals surface area contributed by atoms with Crippen molar-refractivity contribution in [2.75, 3.05) is 49.5 Å². The molecule has 0 radical (unpaired) electrons. The molecule has 2 saturated heterocycles. The van der Waals surface area contributed by atoms with Crippen molar-refractivity contribution in [3.05, 3.63) is 46.2 Å². The van der Waals surface area contributed by atoms with Crippen molar-refractivity contribution in [2.45, 2.75) is 25.8 Å². The Balaban J connectivity index is 1.34. The first kappa shape index (κ1) is 21.6. The van der Waals surface area contributed by atoms with Crippen molar-refractivity contribution < 1.29 is 5.11 Å². The number of likely N-dealkylation sites (tertiary alicyclic amines) is 1. The Morgan fingerprint density at radius 1 is 1.20 bits per heavy atom. The third-order valence-electron chi connectivity index (χ3n) is 6.27. The van der Waals surface area contributed by atoms with Crippen LogP contribution in [0.4, 0.5) is 11.6 Å². The zero-order chi connectivity index (χ0) is 21.1. The lowest BCUT2D eigenvalue weighted by molar-refractivity contribution is 0.101. The van der Waals surface area contributed by atoms with Crippen LogP contribution >= 0.6 is 23.2 Å².